The molecule has 1 aromatic rings. The van der Waals surface area contributed by atoms with Crippen LogP contribution in [-0.2, 0) is 6.42 Å². The summed E-state index contributed by atoms with van der Waals surface area (Å²) in [6.45, 7) is 6.60. The molecular formula is C16H28N2O. The molecule has 0 spiro atoms. The van der Waals surface area contributed by atoms with Gasteiger partial charge in [0.25, 0.3) is 0 Å². The minimum atomic E-state index is -0.211. The Morgan fingerprint density at radius 2 is 2.21 bits per heavy atom. The van der Waals surface area contributed by atoms with Crippen molar-refractivity contribution in [3.05, 3.63) is 18.0 Å². The maximum absolute atomic E-state index is 10.4. The molecule has 1 heterocycles. The second kappa shape index (κ2) is 6.56. The van der Waals surface area contributed by atoms with Crippen LogP contribution in [0, 0.1) is 11.8 Å². The van der Waals surface area contributed by atoms with Gasteiger partial charge < -0.3 is 5.11 Å². The lowest BCUT2D eigenvalue weighted by Gasteiger charge is -2.17. The first-order chi connectivity index (χ1) is 9.13. The Morgan fingerprint density at radius 3 is 2.84 bits per heavy atom. The van der Waals surface area contributed by atoms with E-state index in [1.165, 1.54) is 25.7 Å². The first-order valence-electron chi connectivity index (χ1n) is 7.86. The van der Waals surface area contributed by atoms with Crippen molar-refractivity contribution in [3.63, 3.8) is 0 Å². The van der Waals surface area contributed by atoms with Gasteiger partial charge in [0.15, 0.2) is 0 Å². The van der Waals surface area contributed by atoms with Gasteiger partial charge in [-0.15, -0.1) is 0 Å². The molecule has 0 saturated heterocycles. The zero-order chi connectivity index (χ0) is 13.8. The van der Waals surface area contributed by atoms with Gasteiger partial charge in [-0.2, -0.15) is 5.10 Å². The molecular weight excluding hydrogens is 236 g/mol. The van der Waals surface area contributed by atoms with E-state index in [9.17, 15) is 5.11 Å². The molecule has 1 saturated carbocycles. The Hall–Kier alpha value is -0.830. The van der Waals surface area contributed by atoms with Crippen LogP contribution in [0.25, 0.3) is 0 Å². The van der Waals surface area contributed by atoms with E-state index in [0.29, 0.717) is 18.4 Å². The van der Waals surface area contributed by atoms with Crippen molar-refractivity contribution >= 4 is 0 Å². The van der Waals surface area contributed by atoms with Crippen LogP contribution in [0.4, 0.5) is 0 Å². The number of rotatable bonds is 6. The summed E-state index contributed by atoms with van der Waals surface area (Å²) < 4.78 is 2.02. The van der Waals surface area contributed by atoms with E-state index >= 15 is 0 Å². The SMILES string of the molecule is CCC1CCC(C(O)Cc2ccn(C(C)CC)n2)C1. The van der Waals surface area contributed by atoms with E-state index in [-0.39, 0.29) is 6.10 Å². The van der Waals surface area contributed by atoms with E-state index in [4.69, 9.17) is 0 Å². The highest BCUT2D eigenvalue weighted by molar-refractivity contribution is 5.02. The Labute approximate surface area is 117 Å². The van der Waals surface area contributed by atoms with Crippen molar-refractivity contribution < 1.29 is 5.11 Å². The predicted molar refractivity (Wildman–Crippen MR) is 78.1 cm³/mol. The summed E-state index contributed by atoms with van der Waals surface area (Å²) in [5.41, 5.74) is 1.03. The second-order valence-electron chi connectivity index (χ2n) is 6.16. The van der Waals surface area contributed by atoms with E-state index in [1.54, 1.807) is 0 Å². The molecule has 0 aliphatic heterocycles. The molecule has 1 aliphatic rings. The van der Waals surface area contributed by atoms with Crippen LogP contribution in [0.15, 0.2) is 12.3 Å². The lowest BCUT2D eigenvalue weighted by atomic mass is 9.95. The molecule has 19 heavy (non-hydrogen) atoms. The van der Waals surface area contributed by atoms with Crippen LogP contribution < -0.4 is 0 Å². The standard InChI is InChI=1S/C16H28N2O/c1-4-12(3)18-9-8-15(17-18)11-16(19)14-7-6-13(5-2)10-14/h8-9,12-14,16,19H,4-7,10-11H2,1-3H3. The molecule has 1 aromatic heterocycles. The van der Waals surface area contributed by atoms with Crippen LogP contribution in [0.5, 0.6) is 0 Å². The normalized spacial score (nSPS) is 26.5. The molecule has 108 valence electrons. The number of nitrogens with zero attached hydrogens (tertiary/aromatic N) is 2. The van der Waals surface area contributed by atoms with Gasteiger partial charge in [-0.05, 0) is 44.1 Å². The summed E-state index contributed by atoms with van der Waals surface area (Å²) >= 11 is 0. The van der Waals surface area contributed by atoms with Gasteiger partial charge in [-0.3, -0.25) is 4.68 Å². The van der Waals surface area contributed by atoms with Crippen molar-refractivity contribution in [2.45, 2.75) is 71.4 Å². The first-order valence-corrected chi connectivity index (χ1v) is 7.86. The predicted octanol–water partition coefficient (Wildman–Crippen LogP) is 3.58. The van der Waals surface area contributed by atoms with Gasteiger partial charge in [0, 0.05) is 18.7 Å². The molecule has 0 radical (unpaired) electrons. The quantitative estimate of drug-likeness (QED) is 0.852. The second-order valence-corrected chi connectivity index (χ2v) is 6.16. The molecule has 4 atom stereocenters. The van der Waals surface area contributed by atoms with Gasteiger partial charge in [-0.25, -0.2) is 0 Å². The number of hydrogen-bond acceptors (Lipinski definition) is 2. The fourth-order valence-electron chi connectivity index (χ4n) is 3.13. The molecule has 0 aromatic carbocycles. The third-order valence-corrected chi connectivity index (χ3v) is 4.83. The number of aliphatic hydroxyl groups is 1. The molecule has 2 rings (SSSR count). The van der Waals surface area contributed by atoms with Crippen LogP contribution in [0.3, 0.4) is 0 Å². The average molecular weight is 264 g/mol. The third-order valence-electron chi connectivity index (χ3n) is 4.83. The molecule has 3 heteroatoms. The third kappa shape index (κ3) is 3.59. The zero-order valence-corrected chi connectivity index (χ0v) is 12.5. The number of aromatic nitrogens is 2. The maximum Gasteiger partial charge on any atom is 0.0650 e. The van der Waals surface area contributed by atoms with E-state index < -0.39 is 0 Å². The van der Waals surface area contributed by atoms with Crippen LogP contribution >= 0.6 is 0 Å². The Morgan fingerprint density at radius 1 is 1.42 bits per heavy atom. The van der Waals surface area contributed by atoms with Crippen LogP contribution in [0.2, 0.25) is 0 Å². The van der Waals surface area contributed by atoms with Gasteiger partial charge in [0.1, 0.15) is 0 Å². The summed E-state index contributed by atoms with van der Waals surface area (Å²) in [6, 6.07) is 2.50. The summed E-state index contributed by atoms with van der Waals surface area (Å²) in [5, 5.41) is 15.0. The van der Waals surface area contributed by atoms with Gasteiger partial charge in [0.2, 0.25) is 0 Å². The summed E-state index contributed by atoms with van der Waals surface area (Å²) in [7, 11) is 0. The highest BCUT2D eigenvalue weighted by Crippen LogP contribution is 2.35. The minimum absolute atomic E-state index is 0.211. The van der Waals surface area contributed by atoms with Crippen molar-refractivity contribution in [3.8, 4) is 0 Å². The average Bonchev–Trinajstić information content (AvgIpc) is 3.06. The highest BCUT2D eigenvalue weighted by atomic mass is 16.3. The maximum atomic E-state index is 10.4. The highest BCUT2D eigenvalue weighted by Gasteiger charge is 2.29. The van der Waals surface area contributed by atoms with Crippen LogP contribution in [0.1, 0.15) is 64.6 Å². The fraction of sp³-hybridized carbons (Fsp3) is 0.812. The van der Waals surface area contributed by atoms with Gasteiger partial charge >= 0.3 is 0 Å². The van der Waals surface area contributed by atoms with Crippen molar-refractivity contribution in [2.24, 2.45) is 11.8 Å². The van der Waals surface area contributed by atoms with Crippen molar-refractivity contribution in [1.29, 1.82) is 0 Å². The molecule has 4 unspecified atom stereocenters. The first kappa shape index (κ1) is 14.6. The lowest BCUT2D eigenvalue weighted by molar-refractivity contribution is 0.107. The van der Waals surface area contributed by atoms with Gasteiger partial charge in [0.05, 0.1) is 11.8 Å². The largest absolute Gasteiger partial charge is 0.392 e. The monoisotopic (exact) mass is 264 g/mol. The summed E-state index contributed by atoms with van der Waals surface area (Å²) in [5.74, 6) is 1.32. The van der Waals surface area contributed by atoms with E-state index in [2.05, 4.69) is 31.9 Å². The van der Waals surface area contributed by atoms with E-state index in [0.717, 1.165) is 18.0 Å². The van der Waals surface area contributed by atoms with Crippen molar-refractivity contribution in [2.75, 3.05) is 0 Å². The molecule has 0 bridgehead atoms. The molecule has 1 N–H and O–H groups in total. The van der Waals surface area contributed by atoms with E-state index in [1.807, 2.05) is 10.9 Å². The Kier molecular flexibility index (Phi) is 5.03. The topological polar surface area (TPSA) is 38.0 Å². The molecule has 3 nitrogen and oxygen atoms in total. The minimum Gasteiger partial charge on any atom is -0.392 e. The molecule has 1 aliphatic carbocycles. The molecule has 0 amide bonds. The summed E-state index contributed by atoms with van der Waals surface area (Å²) in [6.07, 6.45) is 8.56. The zero-order valence-electron chi connectivity index (χ0n) is 12.5. The molecule has 1 fully saturated rings. The van der Waals surface area contributed by atoms with Crippen molar-refractivity contribution in [1.82, 2.24) is 9.78 Å². The summed E-state index contributed by atoms with van der Waals surface area (Å²) in [4.78, 5) is 0. The van der Waals surface area contributed by atoms with Gasteiger partial charge in [-0.1, -0.05) is 26.7 Å². The Bertz CT molecular complexity index is 388. The fourth-order valence-corrected chi connectivity index (χ4v) is 3.13. The number of hydrogen-bond donors (Lipinski definition) is 1. The Balaban J connectivity index is 1.88. The lowest BCUT2D eigenvalue weighted by Crippen LogP contribution is -2.21. The number of aliphatic hydroxyl groups excluding tert-OH is 1. The van der Waals surface area contributed by atoms with Crippen LogP contribution in [-0.4, -0.2) is 21.0 Å². The smallest absolute Gasteiger partial charge is 0.0650 e.